The molecule has 0 aliphatic heterocycles. The van der Waals surface area contributed by atoms with Crippen molar-refractivity contribution in [3.8, 4) is 0 Å². The van der Waals surface area contributed by atoms with Crippen LogP contribution in [0.1, 0.15) is 13.8 Å². The molecule has 0 heterocycles. The molecule has 0 rings (SSSR count). The molecule has 0 spiro atoms. The molecule has 0 aromatic rings. The average molecular weight is 778 g/mol. The Kier molecular flexibility index (Phi) is 11.8. The second-order valence-electron chi connectivity index (χ2n) is 8.31. The molecule has 6 nitrogen and oxygen atoms in total. The van der Waals surface area contributed by atoms with Gasteiger partial charge in [-0.25, -0.2) is 19.1 Å². The molecule has 286 valence electrons. The smallest absolute Gasteiger partial charge is 0.430 e. The first-order chi connectivity index (χ1) is 20.6. The summed E-state index contributed by atoms with van der Waals surface area (Å²) < 4.78 is 334. The highest BCUT2D eigenvalue weighted by Gasteiger charge is 2.91. The lowest BCUT2D eigenvalue weighted by atomic mass is 10.0. The fourth-order valence-corrected chi connectivity index (χ4v) is 2.40. The zero-order valence-corrected chi connectivity index (χ0v) is 21.9. The molecule has 0 N–H and O–H groups in total. The van der Waals surface area contributed by atoms with Crippen molar-refractivity contribution in [2.75, 3.05) is 13.2 Å². The first-order valence-corrected chi connectivity index (χ1v) is 10.9. The van der Waals surface area contributed by atoms with Gasteiger partial charge < -0.3 is 9.47 Å². The highest BCUT2D eigenvalue weighted by molar-refractivity contribution is 5.79. The molecule has 0 atom stereocenters. The number of esters is 2. The van der Waals surface area contributed by atoms with Crippen LogP contribution in [0.3, 0.4) is 0 Å². The number of rotatable bonds is 17. The fourth-order valence-electron chi connectivity index (χ4n) is 2.40. The van der Waals surface area contributed by atoms with Crippen LogP contribution in [0, 0.1) is 0 Å². The Hall–Kier alpha value is -2.82. The first-order valence-electron chi connectivity index (χ1n) is 10.9. The van der Waals surface area contributed by atoms with E-state index < -0.39 is 97.0 Å². The van der Waals surface area contributed by atoms with Crippen molar-refractivity contribution in [2.45, 2.75) is 85.7 Å². The summed E-state index contributed by atoms with van der Waals surface area (Å²) in [5, 5.41) is 0. The Morgan fingerprint density at radius 3 is 0.688 bits per heavy atom. The highest BCUT2D eigenvalue weighted by Crippen LogP contribution is 2.61. The maximum Gasteiger partial charge on any atom is 0.430 e. The Labute approximate surface area is 246 Å². The molecule has 48 heavy (non-hydrogen) atoms. The topological polar surface area (TPSA) is 71.1 Å². The summed E-state index contributed by atoms with van der Waals surface area (Å²) in [7, 11) is 0. The summed E-state index contributed by atoms with van der Waals surface area (Å²) in [6.07, 6.45) is -34.3. The van der Waals surface area contributed by atoms with Gasteiger partial charge in [-0.05, 0) is 13.8 Å². The summed E-state index contributed by atoms with van der Waals surface area (Å²) in [4.78, 5) is 21.5. The summed E-state index contributed by atoms with van der Waals surface area (Å²) in [6, 6.07) is 0. The lowest BCUT2D eigenvalue weighted by Gasteiger charge is -2.41. The van der Waals surface area contributed by atoms with Crippen LogP contribution in [-0.4, -0.2) is 97.0 Å². The van der Waals surface area contributed by atoms with Crippen LogP contribution in [0.25, 0.3) is 0 Å². The second kappa shape index (κ2) is 12.5. The van der Waals surface area contributed by atoms with Crippen molar-refractivity contribution >= 4 is 11.9 Å². The van der Waals surface area contributed by atoms with Gasteiger partial charge in [-0.2, -0.15) is 105 Å². The molecule has 0 saturated heterocycles. The molecule has 0 amide bonds. The van der Waals surface area contributed by atoms with Gasteiger partial charge in [0.15, 0.2) is 0 Å². The summed E-state index contributed by atoms with van der Waals surface area (Å²) in [5.74, 6) is -73.6. The Morgan fingerprint density at radius 1 is 0.354 bits per heavy atom. The van der Waals surface area contributed by atoms with Gasteiger partial charge in [0.2, 0.25) is 0 Å². The van der Waals surface area contributed by atoms with Gasteiger partial charge in [0.1, 0.15) is 0 Å². The van der Waals surface area contributed by atoms with Crippen molar-refractivity contribution < 1.29 is 134 Å². The van der Waals surface area contributed by atoms with Gasteiger partial charge in [-0.1, -0.05) is 0 Å². The third-order valence-corrected chi connectivity index (χ3v) is 5.01. The van der Waals surface area contributed by atoms with Crippen LogP contribution in [-0.2, 0) is 28.5 Å². The van der Waals surface area contributed by atoms with Gasteiger partial charge in [0.25, 0.3) is 0 Å². The Bertz CT molecular complexity index is 1090. The minimum Gasteiger partial charge on any atom is -0.461 e. The van der Waals surface area contributed by atoms with Crippen LogP contribution < -0.4 is 0 Å². The van der Waals surface area contributed by atoms with Gasteiger partial charge in [-0.3, -0.25) is 0 Å². The van der Waals surface area contributed by atoms with Gasteiger partial charge in [-0.15, -0.1) is 0 Å². The zero-order valence-electron chi connectivity index (χ0n) is 21.9. The fraction of sp³-hybridized carbons (Fsp3) is 0.889. The molecular formula is C18H10F24O6. The monoisotopic (exact) mass is 778 g/mol. The van der Waals surface area contributed by atoms with Gasteiger partial charge >= 0.3 is 83.8 Å². The van der Waals surface area contributed by atoms with E-state index in [1.807, 2.05) is 0 Å². The van der Waals surface area contributed by atoms with Crippen molar-refractivity contribution in [2.24, 2.45) is 0 Å². The quantitative estimate of drug-likeness (QED) is 0.112. The molecule has 0 radical (unpaired) electrons. The summed E-state index contributed by atoms with van der Waals surface area (Å²) in [6.45, 7) is -1.97. The molecule has 0 aliphatic rings. The van der Waals surface area contributed by atoms with Crippen LogP contribution in [0.4, 0.5) is 105 Å². The maximum atomic E-state index is 13.7. The van der Waals surface area contributed by atoms with Crippen LogP contribution >= 0.6 is 0 Å². The van der Waals surface area contributed by atoms with Crippen molar-refractivity contribution in [1.29, 1.82) is 0 Å². The zero-order chi connectivity index (χ0) is 39.4. The standard InChI is InChI=1S/C18H10F24O6/c1-3-45-5(43)7(19,20)9(23,24)11(27,28)15(35,36)47-17(39,40)13(31,32)14(33,34)18(41,42)48-16(37,38)12(29,30)10(25,26)8(21,22)6(44)46-4-2/h3-4H2,1-2H3. The lowest BCUT2D eigenvalue weighted by molar-refractivity contribution is -0.543. The summed E-state index contributed by atoms with van der Waals surface area (Å²) >= 11 is 0. The van der Waals surface area contributed by atoms with E-state index in [4.69, 9.17) is 0 Å². The van der Waals surface area contributed by atoms with E-state index in [1.54, 1.807) is 0 Å². The highest BCUT2D eigenvalue weighted by atomic mass is 19.4. The SMILES string of the molecule is CCOC(=O)C(F)(F)C(F)(F)C(F)(F)C(F)(F)OC(F)(F)C(F)(F)C(F)(F)C(F)(F)OC(F)(F)C(F)(F)C(F)(F)C(F)(F)C(=O)OCC. The van der Waals surface area contributed by atoms with Gasteiger partial charge in [0, 0.05) is 0 Å². The Morgan fingerprint density at radius 2 is 0.521 bits per heavy atom. The predicted octanol–water partition coefficient (Wildman–Crippen LogP) is 7.60. The number of carbonyl (C=O) groups excluding carboxylic acids is 2. The van der Waals surface area contributed by atoms with Crippen molar-refractivity contribution in [3.63, 3.8) is 0 Å². The number of alkyl halides is 24. The van der Waals surface area contributed by atoms with E-state index in [0.29, 0.717) is 13.8 Å². The molecule has 0 aromatic heterocycles. The van der Waals surface area contributed by atoms with E-state index in [-0.39, 0.29) is 0 Å². The lowest BCUT2D eigenvalue weighted by Crippen LogP contribution is -2.71. The van der Waals surface area contributed by atoms with E-state index in [9.17, 15) is 115 Å². The number of hydrogen-bond acceptors (Lipinski definition) is 6. The van der Waals surface area contributed by atoms with E-state index in [1.165, 1.54) is 0 Å². The minimum absolute atomic E-state index is 0.464. The molecule has 0 bridgehead atoms. The first kappa shape index (κ1) is 45.2. The maximum absolute atomic E-state index is 13.7. The van der Waals surface area contributed by atoms with Crippen molar-refractivity contribution in [1.82, 2.24) is 0 Å². The third-order valence-electron chi connectivity index (χ3n) is 5.01. The molecule has 0 fully saturated rings. The van der Waals surface area contributed by atoms with Crippen LogP contribution in [0.15, 0.2) is 0 Å². The number of halogens is 24. The molecule has 0 aliphatic carbocycles. The Balaban J connectivity index is 6.86. The largest absolute Gasteiger partial charge is 0.461 e. The molecule has 0 aromatic carbocycles. The molecule has 30 heteroatoms. The number of hydrogen-bond donors (Lipinski definition) is 0. The average Bonchev–Trinajstić information content (AvgIpc) is 2.86. The normalized spacial score (nSPS) is 15.8. The van der Waals surface area contributed by atoms with E-state index in [2.05, 4.69) is 9.47 Å². The summed E-state index contributed by atoms with van der Waals surface area (Å²) in [5.41, 5.74) is 0. The predicted molar refractivity (Wildman–Crippen MR) is 94.8 cm³/mol. The molecule has 0 unspecified atom stereocenters. The van der Waals surface area contributed by atoms with Crippen molar-refractivity contribution in [3.05, 3.63) is 0 Å². The molecule has 0 saturated carbocycles. The van der Waals surface area contributed by atoms with E-state index in [0.717, 1.165) is 9.47 Å². The van der Waals surface area contributed by atoms with Crippen LogP contribution in [0.5, 0.6) is 0 Å². The number of ether oxygens (including phenoxy) is 4. The number of carbonyl (C=O) groups is 2. The van der Waals surface area contributed by atoms with E-state index >= 15 is 0 Å². The third kappa shape index (κ3) is 6.56. The molecular weight excluding hydrogens is 768 g/mol. The van der Waals surface area contributed by atoms with Gasteiger partial charge in [0.05, 0.1) is 13.2 Å². The second-order valence-corrected chi connectivity index (χ2v) is 8.31. The van der Waals surface area contributed by atoms with Crippen LogP contribution in [0.2, 0.25) is 0 Å². The minimum atomic E-state index is -9.00.